The standard InChI is InChI=1S/C19H25NO3/c1-11-12(2)22-18-16(11)5-4-6-17(18)19(21)23-15-9-13-7-8-14(10-15)20(13)3/h4-6,11-15H,7-10H2,1-3H3. The Hall–Kier alpha value is -1.55. The van der Waals surface area contributed by atoms with Gasteiger partial charge in [0.1, 0.15) is 23.5 Å². The van der Waals surface area contributed by atoms with Crippen molar-refractivity contribution in [1.82, 2.24) is 4.90 Å². The lowest BCUT2D eigenvalue weighted by Gasteiger charge is -2.35. The topological polar surface area (TPSA) is 38.8 Å². The molecule has 0 spiro atoms. The van der Waals surface area contributed by atoms with Crippen molar-refractivity contribution in [3.05, 3.63) is 29.3 Å². The molecule has 1 aromatic carbocycles. The van der Waals surface area contributed by atoms with E-state index in [4.69, 9.17) is 9.47 Å². The van der Waals surface area contributed by atoms with Gasteiger partial charge in [-0.3, -0.25) is 0 Å². The summed E-state index contributed by atoms with van der Waals surface area (Å²) in [6.45, 7) is 4.19. The second-order valence-corrected chi connectivity index (χ2v) is 7.38. The third-order valence-corrected chi connectivity index (χ3v) is 6.09. The van der Waals surface area contributed by atoms with E-state index in [0.29, 0.717) is 23.6 Å². The first-order valence-electron chi connectivity index (χ1n) is 8.77. The largest absolute Gasteiger partial charge is 0.489 e. The molecule has 23 heavy (non-hydrogen) atoms. The highest BCUT2D eigenvalue weighted by molar-refractivity contribution is 5.93. The molecule has 2 bridgehead atoms. The second kappa shape index (κ2) is 5.52. The summed E-state index contributed by atoms with van der Waals surface area (Å²) in [6.07, 6.45) is 4.53. The van der Waals surface area contributed by atoms with Crippen molar-refractivity contribution in [1.29, 1.82) is 0 Å². The summed E-state index contributed by atoms with van der Waals surface area (Å²) in [5, 5.41) is 0. The molecule has 0 saturated carbocycles. The van der Waals surface area contributed by atoms with E-state index in [1.54, 1.807) is 0 Å². The number of ether oxygens (including phenoxy) is 2. The van der Waals surface area contributed by atoms with Crippen LogP contribution in [0.1, 0.15) is 61.4 Å². The summed E-state index contributed by atoms with van der Waals surface area (Å²) in [7, 11) is 2.20. The van der Waals surface area contributed by atoms with Crippen LogP contribution in [0.5, 0.6) is 5.75 Å². The van der Waals surface area contributed by atoms with Crippen LogP contribution in [0.3, 0.4) is 0 Å². The number of para-hydroxylation sites is 1. The number of rotatable bonds is 2. The number of fused-ring (bicyclic) bond motifs is 3. The highest BCUT2D eigenvalue weighted by atomic mass is 16.5. The van der Waals surface area contributed by atoms with E-state index in [1.165, 1.54) is 12.8 Å². The van der Waals surface area contributed by atoms with Crippen molar-refractivity contribution in [2.24, 2.45) is 0 Å². The summed E-state index contributed by atoms with van der Waals surface area (Å²) in [4.78, 5) is 15.1. The molecule has 0 radical (unpaired) electrons. The van der Waals surface area contributed by atoms with Crippen LogP contribution in [0.15, 0.2) is 18.2 Å². The van der Waals surface area contributed by atoms with E-state index in [-0.39, 0.29) is 18.2 Å². The predicted octanol–water partition coefficient (Wildman–Crippen LogP) is 3.35. The molecular weight excluding hydrogens is 290 g/mol. The fourth-order valence-corrected chi connectivity index (χ4v) is 4.42. The number of benzene rings is 1. The lowest BCUT2D eigenvalue weighted by Crippen LogP contribution is -2.43. The third kappa shape index (κ3) is 2.44. The zero-order chi connectivity index (χ0) is 16.1. The van der Waals surface area contributed by atoms with Gasteiger partial charge in [-0.15, -0.1) is 0 Å². The quantitative estimate of drug-likeness (QED) is 0.785. The Labute approximate surface area is 137 Å². The van der Waals surface area contributed by atoms with Gasteiger partial charge < -0.3 is 14.4 Å². The van der Waals surface area contributed by atoms with E-state index in [1.807, 2.05) is 12.1 Å². The van der Waals surface area contributed by atoms with Crippen molar-refractivity contribution in [3.8, 4) is 5.75 Å². The lowest BCUT2D eigenvalue weighted by molar-refractivity contribution is -0.000761. The van der Waals surface area contributed by atoms with E-state index >= 15 is 0 Å². The van der Waals surface area contributed by atoms with Gasteiger partial charge in [0.05, 0.1) is 0 Å². The molecule has 0 aromatic heterocycles. The van der Waals surface area contributed by atoms with E-state index in [2.05, 4.69) is 31.9 Å². The molecule has 0 N–H and O–H groups in total. The minimum atomic E-state index is -0.225. The van der Waals surface area contributed by atoms with Crippen LogP contribution < -0.4 is 4.74 Å². The molecule has 0 aliphatic carbocycles. The molecule has 1 aromatic rings. The number of carbonyl (C=O) groups excluding carboxylic acids is 1. The van der Waals surface area contributed by atoms with Gasteiger partial charge in [-0.25, -0.2) is 4.79 Å². The average Bonchev–Trinajstić information content (AvgIpc) is 2.92. The zero-order valence-corrected chi connectivity index (χ0v) is 14.1. The normalized spacial score (nSPS) is 35.7. The van der Waals surface area contributed by atoms with Gasteiger partial charge in [0.25, 0.3) is 0 Å². The van der Waals surface area contributed by atoms with Crippen LogP contribution >= 0.6 is 0 Å². The Kier molecular flexibility index (Phi) is 3.60. The summed E-state index contributed by atoms with van der Waals surface area (Å²) < 4.78 is 11.8. The minimum Gasteiger partial charge on any atom is -0.489 e. The Morgan fingerprint density at radius 3 is 2.61 bits per heavy atom. The molecule has 4 heteroatoms. The smallest absolute Gasteiger partial charge is 0.342 e. The number of piperidine rings is 1. The molecule has 3 aliphatic rings. The molecular formula is C19H25NO3. The molecule has 0 amide bonds. The summed E-state index contributed by atoms with van der Waals surface area (Å²) in [5.41, 5.74) is 1.71. The van der Waals surface area contributed by atoms with Crippen molar-refractivity contribution < 1.29 is 14.3 Å². The van der Waals surface area contributed by atoms with Gasteiger partial charge in [0.15, 0.2) is 0 Å². The van der Waals surface area contributed by atoms with E-state index < -0.39 is 0 Å². The number of nitrogens with zero attached hydrogens (tertiary/aromatic N) is 1. The Balaban J connectivity index is 1.51. The zero-order valence-electron chi connectivity index (χ0n) is 14.1. The average molecular weight is 315 g/mol. The maximum Gasteiger partial charge on any atom is 0.342 e. The van der Waals surface area contributed by atoms with Crippen LogP contribution in [-0.4, -0.2) is 42.2 Å². The lowest BCUT2D eigenvalue weighted by atomic mass is 9.97. The molecule has 2 fully saturated rings. The molecule has 4 rings (SSSR count). The Morgan fingerprint density at radius 2 is 1.91 bits per heavy atom. The van der Waals surface area contributed by atoms with Gasteiger partial charge in [0, 0.05) is 36.4 Å². The SMILES string of the molecule is CC1Oc2c(C(=O)OC3CC4CCC(C3)N4C)cccc2C1C. The number of hydrogen-bond donors (Lipinski definition) is 0. The summed E-state index contributed by atoms with van der Waals surface area (Å²) in [6, 6.07) is 6.96. The van der Waals surface area contributed by atoms with Crippen LogP contribution in [0.4, 0.5) is 0 Å². The van der Waals surface area contributed by atoms with Gasteiger partial charge in [-0.1, -0.05) is 19.1 Å². The highest BCUT2D eigenvalue weighted by Crippen LogP contribution is 2.41. The van der Waals surface area contributed by atoms with Gasteiger partial charge in [-0.05, 0) is 32.9 Å². The van der Waals surface area contributed by atoms with Gasteiger partial charge in [-0.2, -0.15) is 0 Å². The molecule has 3 heterocycles. The van der Waals surface area contributed by atoms with Crippen molar-refractivity contribution in [2.75, 3.05) is 7.05 Å². The molecule has 124 valence electrons. The van der Waals surface area contributed by atoms with Crippen LogP contribution in [0.2, 0.25) is 0 Å². The van der Waals surface area contributed by atoms with E-state index in [9.17, 15) is 4.79 Å². The predicted molar refractivity (Wildman–Crippen MR) is 88.0 cm³/mol. The maximum absolute atomic E-state index is 12.7. The molecule has 3 aliphatic heterocycles. The summed E-state index contributed by atoms with van der Waals surface area (Å²) in [5.74, 6) is 0.822. The third-order valence-electron chi connectivity index (χ3n) is 6.09. The first-order chi connectivity index (χ1) is 11.0. The minimum absolute atomic E-state index is 0.0447. The second-order valence-electron chi connectivity index (χ2n) is 7.38. The number of hydrogen-bond acceptors (Lipinski definition) is 4. The first-order valence-corrected chi connectivity index (χ1v) is 8.77. The van der Waals surface area contributed by atoms with E-state index in [0.717, 1.165) is 24.2 Å². The fraction of sp³-hybridized carbons (Fsp3) is 0.632. The van der Waals surface area contributed by atoms with Gasteiger partial charge >= 0.3 is 5.97 Å². The monoisotopic (exact) mass is 315 g/mol. The van der Waals surface area contributed by atoms with Crippen LogP contribution in [-0.2, 0) is 4.74 Å². The first kappa shape index (κ1) is 15.0. The van der Waals surface area contributed by atoms with Crippen molar-refractivity contribution >= 4 is 5.97 Å². The highest BCUT2D eigenvalue weighted by Gasteiger charge is 2.40. The molecule has 4 nitrogen and oxygen atoms in total. The molecule has 4 unspecified atom stereocenters. The fourth-order valence-electron chi connectivity index (χ4n) is 4.42. The van der Waals surface area contributed by atoms with Crippen LogP contribution in [0, 0.1) is 0 Å². The Bertz CT molecular complexity index is 615. The Morgan fingerprint density at radius 1 is 1.22 bits per heavy atom. The van der Waals surface area contributed by atoms with Crippen molar-refractivity contribution in [3.63, 3.8) is 0 Å². The van der Waals surface area contributed by atoms with Gasteiger partial charge in [0.2, 0.25) is 0 Å². The number of esters is 1. The maximum atomic E-state index is 12.7. The molecule has 2 saturated heterocycles. The summed E-state index contributed by atoms with van der Waals surface area (Å²) >= 11 is 0. The number of carbonyl (C=O) groups is 1. The van der Waals surface area contributed by atoms with Crippen LogP contribution in [0.25, 0.3) is 0 Å². The molecule has 4 atom stereocenters. The van der Waals surface area contributed by atoms with Crippen molar-refractivity contribution in [2.45, 2.75) is 69.7 Å².